The normalized spacial score (nSPS) is 7.11. The van der Waals surface area contributed by atoms with Gasteiger partial charge in [0.1, 0.15) is 0 Å². The van der Waals surface area contributed by atoms with Gasteiger partial charge in [0.25, 0.3) is 0 Å². The summed E-state index contributed by atoms with van der Waals surface area (Å²) in [6.45, 7) is 2.45. The number of hydrogen-bond acceptors (Lipinski definition) is 8. The Hall–Kier alpha value is 0.590. The smallest absolute Gasteiger partial charge is 0.550 e. The minimum absolute atomic E-state index is 0. The van der Waals surface area contributed by atoms with E-state index in [1.165, 1.54) is 13.8 Å². The van der Waals surface area contributed by atoms with Crippen LogP contribution in [0.25, 0.3) is 0 Å². The van der Waals surface area contributed by atoms with Gasteiger partial charge in [-0.3, -0.25) is 5.32 Å². The van der Waals surface area contributed by atoms with Gasteiger partial charge in [0.15, 0.2) is 0 Å². The number of hydrogen-bond donors (Lipinski definition) is 2. The zero-order valence-electron chi connectivity index (χ0n) is 11.4. The molecule has 19 heavy (non-hydrogen) atoms. The van der Waals surface area contributed by atoms with E-state index >= 15 is 0 Å². The molecular formula is C9H16CaNNaO7. The maximum absolute atomic E-state index is 9.47. The molecular weight excluding hydrogens is 297 g/mol. The maximum Gasteiger partial charge on any atom is 2.00 e. The average Bonchev–Trinajstić information content (AvgIpc) is 2.27. The molecule has 0 aromatic carbocycles. The van der Waals surface area contributed by atoms with Crippen LogP contribution < -0.4 is 50.2 Å². The zero-order valence-corrected chi connectivity index (χ0v) is 15.6. The number of aliphatic hydroxyl groups is 1. The minimum atomic E-state index is -1.21. The van der Waals surface area contributed by atoms with Crippen molar-refractivity contribution in [1.82, 2.24) is 5.32 Å². The van der Waals surface area contributed by atoms with E-state index in [1.807, 2.05) is 0 Å². The van der Waals surface area contributed by atoms with Crippen molar-refractivity contribution in [3.8, 4) is 0 Å². The number of carbonyl (C=O) groups excluding carboxylic acids is 3. The molecule has 102 valence electrons. The summed E-state index contributed by atoms with van der Waals surface area (Å²) < 4.78 is 0. The van der Waals surface area contributed by atoms with Gasteiger partial charge in [0.05, 0.1) is 12.7 Å². The quantitative estimate of drug-likeness (QED) is 0.375. The monoisotopic (exact) mass is 313 g/mol. The fourth-order valence-electron chi connectivity index (χ4n) is 0.158. The van der Waals surface area contributed by atoms with Gasteiger partial charge in [0.2, 0.25) is 0 Å². The molecule has 0 fully saturated rings. The van der Waals surface area contributed by atoms with Gasteiger partial charge in [-0.1, -0.05) is 13.8 Å². The second kappa shape index (κ2) is 27.0. The molecule has 0 heterocycles. The molecule has 0 aliphatic rings. The number of aliphatic hydroxyl groups excluding tert-OH is 1. The van der Waals surface area contributed by atoms with Gasteiger partial charge >= 0.3 is 67.3 Å². The van der Waals surface area contributed by atoms with E-state index in [1.54, 1.807) is 0 Å². The van der Waals surface area contributed by atoms with Gasteiger partial charge in [0, 0.05) is 18.5 Å². The first kappa shape index (κ1) is 31.8. The molecule has 0 aromatic heterocycles. The molecule has 0 amide bonds. The van der Waals surface area contributed by atoms with E-state index in [2.05, 4.69) is 5.32 Å². The van der Waals surface area contributed by atoms with Crippen LogP contribution in [0.5, 0.6) is 0 Å². The number of carbonyl (C=O) groups is 3. The molecule has 0 aliphatic carbocycles. The Morgan fingerprint density at radius 3 is 1.26 bits per heavy atom. The third kappa shape index (κ3) is 69.3. The standard InChI is InChI=1S/C3H7NO3.2C3H6O2.Ca.Na/c5-2-4-1-3(6)7;2*1-2-3(4)5;;/h4-5H,1-2H2,(H,6,7);2*2H2,1H3,(H,4,5);;/q;;;+2;+1/p-3. The van der Waals surface area contributed by atoms with Gasteiger partial charge < -0.3 is 34.8 Å². The van der Waals surface area contributed by atoms with Gasteiger partial charge in [-0.25, -0.2) is 0 Å². The van der Waals surface area contributed by atoms with E-state index in [4.69, 9.17) is 5.11 Å². The van der Waals surface area contributed by atoms with Crippen LogP contribution in [-0.4, -0.2) is 74.0 Å². The summed E-state index contributed by atoms with van der Waals surface area (Å²) in [6.07, 6.45) is 0.222. The fraction of sp³-hybridized carbons (Fsp3) is 0.667. The zero-order chi connectivity index (χ0) is 14.3. The molecule has 0 aliphatic heterocycles. The predicted octanol–water partition coefficient (Wildman–Crippen LogP) is -7.81. The molecule has 8 nitrogen and oxygen atoms in total. The van der Waals surface area contributed by atoms with Crippen LogP contribution in [0, 0.1) is 0 Å². The summed E-state index contributed by atoms with van der Waals surface area (Å²) in [6, 6.07) is 0. The van der Waals surface area contributed by atoms with Crippen molar-refractivity contribution >= 4 is 55.6 Å². The maximum atomic E-state index is 9.47. The largest absolute Gasteiger partial charge is 2.00 e. The van der Waals surface area contributed by atoms with Crippen molar-refractivity contribution in [2.75, 3.05) is 13.3 Å². The summed E-state index contributed by atoms with van der Waals surface area (Å²) in [5.41, 5.74) is 0. The molecule has 0 bridgehead atoms. The van der Waals surface area contributed by atoms with E-state index in [9.17, 15) is 29.7 Å². The molecule has 2 N–H and O–H groups in total. The van der Waals surface area contributed by atoms with Crippen molar-refractivity contribution in [2.24, 2.45) is 0 Å². The van der Waals surface area contributed by atoms with E-state index in [0.29, 0.717) is 0 Å². The molecule has 0 unspecified atom stereocenters. The molecule has 0 rings (SSSR count). The fourth-order valence-corrected chi connectivity index (χ4v) is 0.158. The Bertz CT molecular complexity index is 215. The first-order valence-electron chi connectivity index (χ1n) is 4.72. The Balaban J connectivity index is -0.0000000500. The van der Waals surface area contributed by atoms with Crippen molar-refractivity contribution in [3.63, 3.8) is 0 Å². The number of carboxylic acid groups (broad SMARTS) is 3. The first-order valence-corrected chi connectivity index (χ1v) is 4.72. The SMILES string of the molecule is CCC(=O)[O-].CCC(=O)[O-].O=C([O-])CNCO.[Ca+2].[Na+]. The molecule has 0 radical (unpaired) electrons. The van der Waals surface area contributed by atoms with Crippen molar-refractivity contribution in [3.05, 3.63) is 0 Å². The van der Waals surface area contributed by atoms with Crippen LogP contribution in [0.2, 0.25) is 0 Å². The summed E-state index contributed by atoms with van der Waals surface area (Å²) in [4.78, 5) is 28.0. The van der Waals surface area contributed by atoms with Crippen molar-refractivity contribution in [2.45, 2.75) is 26.7 Å². The summed E-state index contributed by atoms with van der Waals surface area (Å²) in [7, 11) is 0. The topological polar surface area (TPSA) is 153 Å². The Labute approximate surface area is 163 Å². The Morgan fingerprint density at radius 2 is 1.21 bits per heavy atom. The van der Waals surface area contributed by atoms with Crippen LogP contribution in [0.3, 0.4) is 0 Å². The molecule has 0 aromatic rings. The second-order valence-electron chi connectivity index (χ2n) is 2.41. The predicted molar refractivity (Wildman–Crippen MR) is 56.4 cm³/mol. The number of aliphatic carboxylic acids is 3. The van der Waals surface area contributed by atoms with Crippen molar-refractivity contribution in [1.29, 1.82) is 0 Å². The molecule has 0 saturated carbocycles. The van der Waals surface area contributed by atoms with Crippen LogP contribution in [0.1, 0.15) is 26.7 Å². The third-order valence-electron chi connectivity index (χ3n) is 0.958. The van der Waals surface area contributed by atoms with E-state index in [-0.39, 0.29) is 93.4 Å². The second-order valence-corrected chi connectivity index (χ2v) is 2.41. The van der Waals surface area contributed by atoms with Crippen LogP contribution in [-0.2, 0) is 14.4 Å². The van der Waals surface area contributed by atoms with E-state index in [0.717, 1.165) is 0 Å². The van der Waals surface area contributed by atoms with Gasteiger partial charge in [-0.2, -0.15) is 0 Å². The minimum Gasteiger partial charge on any atom is -0.550 e. The summed E-state index contributed by atoms with van der Waals surface area (Å²) in [5, 5.41) is 38.0. The Morgan fingerprint density at radius 1 is 0.947 bits per heavy atom. The van der Waals surface area contributed by atoms with Crippen LogP contribution in [0.4, 0.5) is 0 Å². The van der Waals surface area contributed by atoms with E-state index < -0.39 is 17.9 Å². The average molecular weight is 313 g/mol. The molecule has 0 saturated heterocycles. The van der Waals surface area contributed by atoms with Crippen molar-refractivity contribution < 1.29 is 64.4 Å². The van der Waals surface area contributed by atoms with Gasteiger partial charge in [-0.05, 0) is 12.8 Å². The molecule has 10 heteroatoms. The number of nitrogens with one attached hydrogen (secondary N) is 1. The first-order chi connectivity index (χ1) is 7.81. The number of rotatable bonds is 5. The molecule has 0 spiro atoms. The molecule has 0 atom stereocenters. The summed E-state index contributed by atoms with van der Waals surface area (Å²) in [5.74, 6) is -3.20. The van der Waals surface area contributed by atoms with Crippen LogP contribution >= 0.6 is 0 Å². The third-order valence-corrected chi connectivity index (χ3v) is 0.958. The summed E-state index contributed by atoms with van der Waals surface area (Å²) >= 11 is 0. The Kier molecular flexibility index (Phi) is 45.2. The van der Waals surface area contributed by atoms with Crippen LogP contribution in [0.15, 0.2) is 0 Å². The number of carboxylic acids is 3. The van der Waals surface area contributed by atoms with Gasteiger partial charge in [-0.15, -0.1) is 0 Å².